The molecular formula is C19H19NOS. The summed E-state index contributed by atoms with van der Waals surface area (Å²) in [7, 11) is 0. The Bertz CT molecular complexity index is 691. The minimum Gasteiger partial charge on any atom is -0.352 e. The summed E-state index contributed by atoms with van der Waals surface area (Å²) in [6.07, 6.45) is 6.58. The van der Waals surface area contributed by atoms with Crippen LogP contribution >= 0.6 is 11.8 Å². The molecule has 1 aliphatic rings. The predicted molar refractivity (Wildman–Crippen MR) is 93.2 cm³/mol. The Hall–Kier alpha value is -2.00. The lowest BCUT2D eigenvalue weighted by Gasteiger charge is -2.29. The molecule has 1 atom stereocenters. The summed E-state index contributed by atoms with van der Waals surface area (Å²) >= 11 is 1.71. The van der Waals surface area contributed by atoms with Crippen LogP contribution < -0.4 is 5.32 Å². The van der Waals surface area contributed by atoms with Crippen LogP contribution in [-0.2, 0) is 11.2 Å². The number of carbonyl (C=O) groups excluding carboxylic acids is 1. The van der Waals surface area contributed by atoms with Gasteiger partial charge >= 0.3 is 0 Å². The summed E-state index contributed by atoms with van der Waals surface area (Å²) in [5.41, 5.74) is 3.83. The van der Waals surface area contributed by atoms with Crippen molar-refractivity contribution >= 4 is 23.7 Å². The third-order valence-corrected chi connectivity index (χ3v) is 4.77. The molecule has 3 rings (SSSR count). The van der Waals surface area contributed by atoms with E-state index in [9.17, 15) is 4.79 Å². The lowest BCUT2D eigenvalue weighted by atomic mass is 9.77. The zero-order valence-corrected chi connectivity index (χ0v) is 13.4. The second kappa shape index (κ2) is 6.84. The van der Waals surface area contributed by atoms with Gasteiger partial charge in [0.25, 0.3) is 0 Å². The number of nitrogens with one attached hydrogen (secondary N) is 1. The lowest BCUT2D eigenvalue weighted by molar-refractivity contribution is -0.116. The maximum absolute atomic E-state index is 11.9. The number of hydrogen-bond donors (Lipinski definition) is 1. The highest BCUT2D eigenvalue weighted by Gasteiger charge is 2.25. The molecule has 0 radical (unpaired) electrons. The highest BCUT2D eigenvalue weighted by Crippen LogP contribution is 2.33. The highest BCUT2D eigenvalue weighted by molar-refractivity contribution is 7.98. The molecule has 0 aromatic heterocycles. The van der Waals surface area contributed by atoms with Gasteiger partial charge in [0.15, 0.2) is 0 Å². The third-order valence-electron chi connectivity index (χ3n) is 4.03. The van der Waals surface area contributed by atoms with Crippen LogP contribution in [-0.4, -0.2) is 18.7 Å². The number of benzene rings is 2. The van der Waals surface area contributed by atoms with Crippen LogP contribution in [0.3, 0.4) is 0 Å². The standard InChI is InChI=1S/C19H19NOS/c1-22-17-9-6-14(7-10-17)8-11-19(21)20-13-16-12-15-4-2-3-5-18(15)16/h2-11,16H,12-13H2,1H3,(H,20,21)/b11-8+. The number of hydrogen-bond acceptors (Lipinski definition) is 2. The molecule has 0 fully saturated rings. The molecule has 0 aliphatic heterocycles. The Balaban J connectivity index is 1.49. The SMILES string of the molecule is CSc1ccc(/C=C/C(=O)NCC2Cc3ccccc32)cc1. The van der Waals surface area contributed by atoms with Crippen molar-refractivity contribution < 1.29 is 4.79 Å². The van der Waals surface area contributed by atoms with Crippen LogP contribution in [0.4, 0.5) is 0 Å². The van der Waals surface area contributed by atoms with E-state index in [0.717, 1.165) is 12.0 Å². The molecule has 0 saturated heterocycles. The molecule has 0 bridgehead atoms. The molecule has 22 heavy (non-hydrogen) atoms. The van der Waals surface area contributed by atoms with E-state index in [-0.39, 0.29) is 5.91 Å². The first-order valence-corrected chi connectivity index (χ1v) is 8.66. The molecule has 112 valence electrons. The fourth-order valence-corrected chi connectivity index (χ4v) is 3.12. The van der Waals surface area contributed by atoms with Crippen LogP contribution in [0.25, 0.3) is 6.08 Å². The summed E-state index contributed by atoms with van der Waals surface area (Å²) in [5, 5.41) is 2.99. The van der Waals surface area contributed by atoms with Gasteiger partial charge in [0.2, 0.25) is 5.91 Å². The van der Waals surface area contributed by atoms with Crippen molar-refractivity contribution in [2.24, 2.45) is 0 Å². The summed E-state index contributed by atoms with van der Waals surface area (Å²) < 4.78 is 0. The van der Waals surface area contributed by atoms with E-state index in [0.29, 0.717) is 12.5 Å². The van der Waals surface area contributed by atoms with Crippen LogP contribution in [0.1, 0.15) is 22.6 Å². The minimum atomic E-state index is -0.0293. The molecule has 1 aliphatic carbocycles. The molecule has 1 unspecified atom stereocenters. The molecule has 3 heteroatoms. The van der Waals surface area contributed by atoms with E-state index in [1.807, 2.05) is 18.2 Å². The summed E-state index contributed by atoms with van der Waals surface area (Å²) in [6.45, 7) is 0.714. The molecule has 1 amide bonds. The fraction of sp³-hybridized carbons (Fsp3) is 0.211. The van der Waals surface area contributed by atoms with Crippen molar-refractivity contribution in [1.29, 1.82) is 0 Å². The zero-order valence-electron chi connectivity index (χ0n) is 12.6. The smallest absolute Gasteiger partial charge is 0.244 e. The monoisotopic (exact) mass is 309 g/mol. The van der Waals surface area contributed by atoms with Gasteiger partial charge in [0, 0.05) is 23.4 Å². The van der Waals surface area contributed by atoms with E-state index in [1.165, 1.54) is 16.0 Å². The van der Waals surface area contributed by atoms with Crippen LogP contribution in [0.2, 0.25) is 0 Å². The van der Waals surface area contributed by atoms with Gasteiger partial charge in [-0.15, -0.1) is 11.8 Å². The topological polar surface area (TPSA) is 29.1 Å². The third kappa shape index (κ3) is 3.42. The van der Waals surface area contributed by atoms with Crippen molar-refractivity contribution in [1.82, 2.24) is 5.32 Å². The van der Waals surface area contributed by atoms with Crippen molar-refractivity contribution in [3.8, 4) is 0 Å². The van der Waals surface area contributed by atoms with Gasteiger partial charge in [-0.05, 0) is 47.6 Å². The number of amides is 1. The van der Waals surface area contributed by atoms with Gasteiger partial charge in [-0.1, -0.05) is 36.4 Å². The van der Waals surface area contributed by atoms with E-state index >= 15 is 0 Å². The summed E-state index contributed by atoms with van der Waals surface area (Å²) in [5.74, 6) is 0.438. The number of rotatable bonds is 5. The van der Waals surface area contributed by atoms with Gasteiger partial charge in [-0.3, -0.25) is 4.79 Å². The molecule has 0 heterocycles. The summed E-state index contributed by atoms with van der Waals surface area (Å²) in [4.78, 5) is 13.1. The Morgan fingerprint density at radius 1 is 1.23 bits per heavy atom. The molecule has 2 aromatic carbocycles. The van der Waals surface area contributed by atoms with E-state index in [4.69, 9.17) is 0 Å². The van der Waals surface area contributed by atoms with Crippen LogP contribution in [0.5, 0.6) is 0 Å². The molecular weight excluding hydrogens is 290 g/mol. The molecule has 1 N–H and O–H groups in total. The Labute approximate surface area is 135 Å². The van der Waals surface area contributed by atoms with Crippen molar-refractivity contribution in [2.45, 2.75) is 17.2 Å². The Morgan fingerprint density at radius 3 is 2.73 bits per heavy atom. The second-order valence-corrected chi connectivity index (χ2v) is 6.33. The number of thioether (sulfide) groups is 1. The van der Waals surface area contributed by atoms with E-state index in [2.05, 4.69) is 48.0 Å². The predicted octanol–water partition coefficient (Wildman–Crippen LogP) is 3.88. The van der Waals surface area contributed by atoms with Gasteiger partial charge in [-0.2, -0.15) is 0 Å². The average Bonchev–Trinajstić information content (AvgIpc) is 2.54. The maximum Gasteiger partial charge on any atom is 0.244 e. The van der Waals surface area contributed by atoms with Gasteiger partial charge in [0.1, 0.15) is 0 Å². The van der Waals surface area contributed by atoms with Gasteiger partial charge < -0.3 is 5.32 Å². The average molecular weight is 309 g/mol. The number of fused-ring (bicyclic) bond motifs is 1. The molecule has 0 spiro atoms. The minimum absolute atomic E-state index is 0.0293. The largest absolute Gasteiger partial charge is 0.352 e. The molecule has 0 saturated carbocycles. The highest BCUT2D eigenvalue weighted by atomic mass is 32.2. The van der Waals surface area contributed by atoms with E-state index < -0.39 is 0 Å². The normalized spacial score (nSPS) is 16.1. The Morgan fingerprint density at radius 2 is 2.00 bits per heavy atom. The first-order valence-electron chi connectivity index (χ1n) is 7.44. The first-order chi connectivity index (χ1) is 10.8. The van der Waals surface area contributed by atoms with Crippen LogP contribution in [0, 0.1) is 0 Å². The van der Waals surface area contributed by atoms with Crippen molar-refractivity contribution in [3.63, 3.8) is 0 Å². The first kappa shape index (κ1) is 14.9. The van der Waals surface area contributed by atoms with E-state index in [1.54, 1.807) is 17.8 Å². The van der Waals surface area contributed by atoms with Gasteiger partial charge in [-0.25, -0.2) is 0 Å². The summed E-state index contributed by atoms with van der Waals surface area (Å²) in [6, 6.07) is 16.6. The molecule has 2 nitrogen and oxygen atoms in total. The second-order valence-electron chi connectivity index (χ2n) is 5.45. The fourth-order valence-electron chi connectivity index (χ4n) is 2.71. The molecule has 2 aromatic rings. The Kier molecular flexibility index (Phi) is 4.64. The van der Waals surface area contributed by atoms with Crippen molar-refractivity contribution in [3.05, 3.63) is 71.3 Å². The maximum atomic E-state index is 11.9. The van der Waals surface area contributed by atoms with Crippen LogP contribution in [0.15, 0.2) is 59.5 Å². The quantitative estimate of drug-likeness (QED) is 0.671. The zero-order chi connectivity index (χ0) is 15.4. The van der Waals surface area contributed by atoms with Crippen molar-refractivity contribution in [2.75, 3.05) is 12.8 Å². The lowest BCUT2D eigenvalue weighted by Crippen LogP contribution is -2.32. The van der Waals surface area contributed by atoms with Gasteiger partial charge in [0.05, 0.1) is 0 Å². The number of carbonyl (C=O) groups is 1.